The first-order valence-electron chi connectivity index (χ1n) is 10.8. The maximum absolute atomic E-state index is 12.7. The van der Waals surface area contributed by atoms with Gasteiger partial charge in [-0.3, -0.25) is 4.21 Å². The molecule has 9 nitrogen and oxygen atoms in total. The van der Waals surface area contributed by atoms with E-state index in [0.717, 1.165) is 56.5 Å². The molecule has 1 aliphatic carbocycles. The molecule has 1 unspecified atom stereocenters. The summed E-state index contributed by atoms with van der Waals surface area (Å²) in [6.45, 7) is 1.58. The van der Waals surface area contributed by atoms with Gasteiger partial charge in [0.1, 0.15) is 16.5 Å². The summed E-state index contributed by atoms with van der Waals surface area (Å²) in [7, 11) is -1.27. The lowest BCUT2D eigenvalue weighted by Crippen LogP contribution is -2.49. The third kappa shape index (κ3) is 3.84. The Kier molecular flexibility index (Phi) is 5.77. The number of nitrogens with one attached hydrogen (secondary N) is 1. The zero-order chi connectivity index (χ0) is 22.3. The van der Waals surface area contributed by atoms with Gasteiger partial charge in [0.15, 0.2) is 0 Å². The fourth-order valence-corrected chi connectivity index (χ4v) is 5.49. The second kappa shape index (κ2) is 8.57. The van der Waals surface area contributed by atoms with Crippen LogP contribution in [0.25, 0.3) is 5.52 Å². The third-order valence-corrected chi connectivity index (χ3v) is 7.73. The van der Waals surface area contributed by atoms with Crippen molar-refractivity contribution in [2.45, 2.75) is 48.5 Å². The van der Waals surface area contributed by atoms with Crippen molar-refractivity contribution in [2.75, 3.05) is 36.2 Å². The van der Waals surface area contributed by atoms with Crippen molar-refractivity contribution in [2.24, 2.45) is 0 Å². The molecule has 32 heavy (non-hydrogen) atoms. The molecule has 2 aliphatic rings. The number of hydrogen-bond donors (Lipinski definition) is 2. The van der Waals surface area contributed by atoms with E-state index < -0.39 is 16.3 Å². The first kappa shape index (κ1) is 21.5. The molecule has 0 amide bonds. The van der Waals surface area contributed by atoms with Gasteiger partial charge in [0.2, 0.25) is 5.95 Å². The second-order valence-electron chi connectivity index (χ2n) is 8.61. The molecule has 0 bridgehead atoms. The number of hydrogen-bond acceptors (Lipinski definition) is 8. The van der Waals surface area contributed by atoms with Crippen LogP contribution in [-0.4, -0.2) is 65.4 Å². The number of aliphatic hydroxyl groups excluding tert-OH is 1. The molecule has 170 valence electrons. The van der Waals surface area contributed by atoms with Gasteiger partial charge in [-0.05, 0) is 38.2 Å². The van der Waals surface area contributed by atoms with Gasteiger partial charge in [-0.2, -0.15) is 14.6 Å². The molecule has 4 heterocycles. The zero-order valence-electron chi connectivity index (χ0n) is 17.9. The quantitative estimate of drug-likeness (QED) is 0.560. The standard InChI is InChI=1S/C21H26ClN7O2S/c1-32(31)17-16-3-8-25-29(16)20(26-19(17)27-21(13-30)6-2-7-21)28-9-4-14(5-10-28)18-23-11-15(22)12-24-18/h3,8,11-12,14,27,30H,2,4-7,9-10,13H2,1H3. The number of aromatic nitrogens is 5. The molecule has 2 N–H and O–H groups in total. The lowest BCUT2D eigenvalue weighted by molar-refractivity contribution is 0.143. The second-order valence-corrected chi connectivity index (χ2v) is 10.4. The molecule has 0 radical (unpaired) electrons. The lowest BCUT2D eigenvalue weighted by atomic mass is 9.77. The van der Waals surface area contributed by atoms with Crippen molar-refractivity contribution >= 4 is 39.7 Å². The predicted octanol–water partition coefficient (Wildman–Crippen LogP) is 2.62. The van der Waals surface area contributed by atoms with Crippen LogP contribution in [0.5, 0.6) is 0 Å². The maximum Gasteiger partial charge on any atom is 0.229 e. The molecule has 1 aliphatic heterocycles. The van der Waals surface area contributed by atoms with Crippen LogP contribution in [0.3, 0.4) is 0 Å². The topological polar surface area (TPSA) is 109 Å². The fourth-order valence-electron chi connectivity index (χ4n) is 4.58. The first-order valence-corrected chi connectivity index (χ1v) is 12.8. The third-order valence-electron chi connectivity index (χ3n) is 6.56. The van der Waals surface area contributed by atoms with Gasteiger partial charge in [0, 0.05) is 37.7 Å². The molecular weight excluding hydrogens is 450 g/mol. The van der Waals surface area contributed by atoms with Crippen LogP contribution >= 0.6 is 11.6 Å². The van der Waals surface area contributed by atoms with E-state index in [1.807, 2.05) is 6.07 Å². The average molecular weight is 476 g/mol. The summed E-state index contributed by atoms with van der Waals surface area (Å²) >= 11 is 5.92. The minimum absolute atomic E-state index is 0.0245. The molecule has 1 atom stereocenters. The van der Waals surface area contributed by atoms with Crippen molar-refractivity contribution < 1.29 is 9.32 Å². The summed E-state index contributed by atoms with van der Waals surface area (Å²) in [5, 5.41) is 18.4. The number of fused-ring (bicyclic) bond motifs is 1. The van der Waals surface area contributed by atoms with E-state index in [-0.39, 0.29) is 12.5 Å². The largest absolute Gasteiger partial charge is 0.394 e. The Morgan fingerprint density at radius 1 is 1.28 bits per heavy atom. The highest BCUT2D eigenvalue weighted by atomic mass is 35.5. The Morgan fingerprint density at radius 3 is 2.59 bits per heavy atom. The van der Waals surface area contributed by atoms with E-state index in [9.17, 15) is 9.32 Å². The summed E-state index contributed by atoms with van der Waals surface area (Å²) in [6, 6.07) is 1.87. The Morgan fingerprint density at radius 2 is 2.00 bits per heavy atom. The molecular formula is C21H26ClN7O2S. The van der Waals surface area contributed by atoms with Gasteiger partial charge >= 0.3 is 0 Å². The normalized spacial score (nSPS) is 19.7. The van der Waals surface area contributed by atoms with E-state index in [2.05, 4.69) is 25.3 Å². The highest BCUT2D eigenvalue weighted by Gasteiger charge is 2.38. The number of halogens is 1. The van der Waals surface area contributed by atoms with Crippen molar-refractivity contribution in [1.29, 1.82) is 0 Å². The van der Waals surface area contributed by atoms with Gasteiger partial charge in [0.05, 0.1) is 39.7 Å². The van der Waals surface area contributed by atoms with Crippen molar-refractivity contribution in [3.63, 3.8) is 0 Å². The number of aliphatic hydroxyl groups is 1. The molecule has 0 spiro atoms. The van der Waals surface area contributed by atoms with E-state index in [1.54, 1.807) is 29.4 Å². The summed E-state index contributed by atoms with van der Waals surface area (Å²) in [5.41, 5.74) is 0.379. The average Bonchev–Trinajstić information content (AvgIpc) is 3.25. The van der Waals surface area contributed by atoms with Crippen LogP contribution in [0.15, 0.2) is 29.6 Å². The fraction of sp³-hybridized carbons (Fsp3) is 0.524. The molecule has 2 fully saturated rings. The summed E-state index contributed by atoms with van der Waals surface area (Å²) in [5.74, 6) is 2.37. The van der Waals surface area contributed by atoms with E-state index in [4.69, 9.17) is 16.6 Å². The Bertz CT molecular complexity index is 1140. The first-order chi connectivity index (χ1) is 15.5. The number of nitrogens with zero attached hydrogens (tertiary/aromatic N) is 6. The maximum atomic E-state index is 12.7. The van der Waals surface area contributed by atoms with Crippen molar-refractivity contribution in [3.05, 3.63) is 35.5 Å². The molecule has 3 aromatic rings. The van der Waals surface area contributed by atoms with Crippen LogP contribution in [0.1, 0.15) is 43.8 Å². The monoisotopic (exact) mass is 475 g/mol. The molecule has 3 aromatic heterocycles. The molecule has 1 saturated carbocycles. The number of anilines is 2. The van der Waals surface area contributed by atoms with Crippen LogP contribution < -0.4 is 10.2 Å². The van der Waals surface area contributed by atoms with Crippen molar-refractivity contribution in [3.8, 4) is 0 Å². The minimum Gasteiger partial charge on any atom is -0.394 e. The number of rotatable bonds is 6. The Labute approximate surface area is 193 Å². The van der Waals surface area contributed by atoms with E-state index in [0.29, 0.717) is 21.7 Å². The van der Waals surface area contributed by atoms with Crippen LogP contribution in [0.4, 0.5) is 11.8 Å². The molecule has 5 rings (SSSR count). The molecule has 11 heteroatoms. The summed E-state index contributed by atoms with van der Waals surface area (Å²) in [4.78, 5) is 16.5. The van der Waals surface area contributed by atoms with Gasteiger partial charge in [-0.25, -0.2) is 9.97 Å². The molecule has 1 saturated heterocycles. The van der Waals surface area contributed by atoms with Gasteiger partial charge in [-0.1, -0.05) is 11.6 Å². The van der Waals surface area contributed by atoms with Gasteiger partial charge < -0.3 is 15.3 Å². The van der Waals surface area contributed by atoms with Crippen LogP contribution in [0, 0.1) is 0 Å². The van der Waals surface area contributed by atoms with Crippen LogP contribution in [0.2, 0.25) is 5.02 Å². The van der Waals surface area contributed by atoms with E-state index in [1.165, 1.54) is 0 Å². The summed E-state index contributed by atoms with van der Waals surface area (Å²) < 4.78 is 14.4. The Balaban J connectivity index is 1.46. The highest BCUT2D eigenvalue weighted by Crippen LogP contribution is 2.38. The van der Waals surface area contributed by atoms with Gasteiger partial charge in [0.25, 0.3) is 0 Å². The SMILES string of the molecule is CS(=O)c1c(NC2(CO)CCC2)nc(N2CCC(c3ncc(Cl)cn3)CC2)n2nccc12. The zero-order valence-corrected chi connectivity index (χ0v) is 19.4. The molecule has 0 aromatic carbocycles. The van der Waals surface area contributed by atoms with E-state index >= 15 is 0 Å². The Hall–Kier alpha value is -2.30. The van der Waals surface area contributed by atoms with Gasteiger partial charge in [-0.15, -0.1) is 0 Å². The van der Waals surface area contributed by atoms with Crippen LogP contribution in [-0.2, 0) is 10.8 Å². The minimum atomic E-state index is -1.27. The lowest BCUT2D eigenvalue weighted by Gasteiger charge is -2.42. The predicted molar refractivity (Wildman–Crippen MR) is 124 cm³/mol. The number of piperidine rings is 1. The highest BCUT2D eigenvalue weighted by molar-refractivity contribution is 7.84. The summed E-state index contributed by atoms with van der Waals surface area (Å²) in [6.07, 6.45) is 11.2. The van der Waals surface area contributed by atoms with Crippen molar-refractivity contribution in [1.82, 2.24) is 24.6 Å². The smallest absolute Gasteiger partial charge is 0.229 e.